The van der Waals surface area contributed by atoms with E-state index in [1.54, 1.807) is 9.58 Å². The summed E-state index contributed by atoms with van der Waals surface area (Å²) in [7, 11) is 0. The molecule has 1 unspecified atom stereocenters. The highest BCUT2D eigenvalue weighted by atomic mass is 16.4. The predicted octanol–water partition coefficient (Wildman–Crippen LogP) is 2.57. The van der Waals surface area contributed by atoms with Crippen molar-refractivity contribution in [3.63, 3.8) is 0 Å². The molecule has 29 heavy (non-hydrogen) atoms. The zero-order chi connectivity index (χ0) is 20.9. The molecule has 1 saturated carbocycles. The summed E-state index contributed by atoms with van der Waals surface area (Å²) in [6.07, 6.45) is 3.82. The number of nitrogens with two attached hydrogens (primary N) is 1. The Bertz CT molecular complexity index is 967. The molecule has 3 atom stereocenters. The van der Waals surface area contributed by atoms with Crippen molar-refractivity contribution < 1.29 is 14.7 Å². The van der Waals surface area contributed by atoms with E-state index in [4.69, 9.17) is 5.73 Å². The Labute approximate surface area is 169 Å². The summed E-state index contributed by atoms with van der Waals surface area (Å²) in [5.74, 6) is -1.98. The molecule has 2 fully saturated rings. The fourth-order valence-corrected chi connectivity index (χ4v) is 4.86. The molecular formula is C21H27N5O3. The Morgan fingerprint density at radius 3 is 2.66 bits per heavy atom. The third-order valence-electron chi connectivity index (χ3n) is 6.45. The van der Waals surface area contributed by atoms with E-state index in [0.29, 0.717) is 30.8 Å². The number of carbonyl (C=O) groups excluding carboxylic acids is 1. The van der Waals surface area contributed by atoms with E-state index >= 15 is 0 Å². The van der Waals surface area contributed by atoms with Gasteiger partial charge >= 0.3 is 5.97 Å². The first-order chi connectivity index (χ1) is 13.7. The second-order valence-electron chi connectivity index (χ2n) is 8.92. The molecule has 0 spiro atoms. The molecule has 1 saturated heterocycles. The maximum atomic E-state index is 13.2. The molecule has 3 N–H and O–H groups in total. The van der Waals surface area contributed by atoms with Crippen LogP contribution in [0.1, 0.15) is 50.4 Å². The van der Waals surface area contributed by atoms with Gasteiger partial charge in [0.05, 0.1) is 29.8 Å². The molecule has 2 aromatic rings. The number of aliphatic carboxylic acids is 1. The van der Waals surface area contributed by atoms with Gasteiger partial charge in [0.1, 0.15) is 5.69 Å². The first-order valence-corrected chi connectivity index (χ1v) is 10.0. The topological polar surface area (TPSA) is 114 Å². The number of amides is 1. The molecular weight excluding hydrogens is 370 g/mol. The van der Waals surface area contributed by atoms with Gasteiger partial charge in [-0.25, -0.2) is 4.68 Å². The Balaban J connectivity index is 1.61. The Morgan fingerprint density at radius 1 is 1.24 bits per heavy atom. The van der Waals surface area contributed by atoms with E-state index in [-0.39, 0.29) is 17.4 Å². The SMILES string of the molecule is Cc1c(N)cccc1-n1cc(C2N(C(=O)[C@@H]3CCC[C@H]3C(=O)O)CC2(C)C)nn1. The predicted molar refractivity (Wildman–Crippen MR) is 107 cm³/mol. The van der Waals surface area contributed by atoms with Crippen LogP contribution < -0.4 is 5.73 Å². The molecule has 1 aromatic carbocycles. The zero-order valence-corrected chi connectivity index (χ0v) is 17.0. The van der Waals surface area contributed by atoms with Gasteiger partial charge in [-0.2, -0.15) is 0 Å². The first kappa shape index (κ1) is 19.4. The zero-order valence-electron chi connectivity index (χ0n) is 17.0. The fraction of sp³-hybridized carbons (Fsp3) is 0.524. The third kappa shape index (κ3) is 3.16. The van der Waals surface area contributed by atoms with Crippen molar-refractivity contribution in [2.75, 3.05) is 12.3 Å². The molecule has 1 amide bonds. The Hall–Kier alpha value is -2.90. The van der Waals surface area contributed by atoms with Gasteiger partial charge in [-0.05, 0) is 37.5 Å². The van der Waals surface area contributed by atoms with Gasteiger partial charge in [-0.1, -0.05) is 31.5 Å². The lowest BCUT2D eigenvalue weighted by Crippen LogP contribution is -2.59. The third-order valence-corrected chi connectivity index (χ3v) is 6.45. The summed E-state index contributed by atoms with van der Waals surface area (Å²) >= 11 is 0. The molecule has 2 heterocycles. The fourth-order valence-electron chi connectivity index (χ4n) is 4.86. The lowest BCUT2D eigenvalue weighted by Gasteiger charge is -2.54. The maximum absolute atomic E-state index is 13.2. The number of anilines is 1. The summed E-state index contributed by atoms with van der Waals surface area (Å²) in [5, 5.41) is 18.1. The van der Waals surface area contributed by atoms with Gasteiger partial charge in [0, 0.05) is 17.6 Å². The standard InChI is InChI=1S/C21H27N5O3/c1-12-15(22)8-5-9-17(12)26-10-16(23-24-26)18-21(2,3)11-25(18)19(27)13-6-4-7-14(13)20(28)29/h5,8-10,13-14,18H,4,6-7,11,22H2,1-3H3,(H,28,29)/t13-,14-,18?/m1/s1. The summed E-state index contributed by atoms with van der Waals surface area (Å²) in [5.41, 5.74) is 9.01. The van der Waals surface area contributed by atoms with Gasteiger partial charge in [0.2, 0.25) is 5.91 Å². The van der Waals surface area contributed by atoms with Crippen molar-refractivity contribution >= 4 is 17.6 Å². The normalized spacial score (nSPS) is 25.6. The largest absolute Gasteiger partial charge is 0.481 e. The molecule has 1 aliphatic heterocycles. The van der Waals surface area contributed by atoms with Crippen molar-refractivity contribution in [2.45, 2.75) is 46.1 Å². The number of rotatable bonds is 4. The van der Waals surface area contributed by atoms with E-state index in [1.165, 1.54) is 0 Å². The van der Waals surface area contributed by atoms with Gasteiger partial charge in [0.25, 0.3) is 0 Å². The molecule has 1 aliphatic carbocycles. The number of nitrogen functional groups attached to an aromatic ring is 1. The average Bonchev–Trinajstić information content (AvgIpc) is 3.31. The Morgan fingerprint density at radius 2 is 1.97 bits per heavy atom. The maximum Gasteiger partial charge on any atom is 0.307 e. The molecule has 2 aliphatic rings. The van der Waals surface area contributed by atoms with E-state index in [0.717, 1.165) is 17.7 Å². The van der Waals surface area contributed by atoms with Crippen molar-refractivity contribution in [2.24, 2.45) is 17.3 Å². The average molecular weight is 397 g/mol. The van der Waals surface area contributed by atoms with Gasteiger partial charge in [-0.15, -0.1) is 5.10 Å². The van der Waals surface area contributed by atoms with Crippen LogP contribution in [0.4, 0.5) is 5.69 Å². The molecule has 8 nitrogen and oxygen atoms in total. The van der Waals surface area contributed by atoms with Gasteiger partial charge in [-0.3, -0.25) is 9.59 Å². The molecule has 8 heteroatoms. The summed E-state index contributed by atoms with van der Waals surface area (Å²) in [6.45, 7) is 6.70. The second-order valence-corrected chi connectivity index (χ2v) is 8.92. The van der Waals surface area contributed by atoms with Gasteiger partial charge in [0.15, 0.2) is 0 Å². The quantitative estimate of drug-likeness (QED) is 0.767. The number of aromatic nitrogens is 3. The lowest BCUT2D eigenvalue weighted by molar-refractivity contribution is -0.162. The van der Waals surface area contributed by atoms with Gasteiger partial charge < -0.3 is 15.7 Å². The van der Waals surface area contributed by atoms with Crippen LogP contribution in [0.2, 0.25) is 0 Å². The van der Waals surface area contributed by atoms with Crippen LogP contribution in [0.25, 0.3) is 5.69 Å². The number of likely N-dealkylation sites (tertiary alicyclic amines) is 1. The van der Waals surface area contributed by atoms with E-state index in [1.807, 2.05) is 31.3 Å². The minimum atomic E-state index is -0.875. The summed E-state index contributed by atoms with van der Waals surface area (Å²) < 4.78 is 1.69. The summed E-state index contributed by atoms with van der Waals surface area (Å²) in [4.78, 5) is 26.5. The second kappa shape index (κ2) is 6.86. The molecule has 4 rings (SSSR count). The van der Waals surface area contributed by atoms with Crippen LogP contribution in [0.5, 0.6) is 0 Å². The summed E-state index contributed by atoms with van der Waals surface area (Å²) in [6, 6.07) is 5.41. The minimum absolute atomic E-state index is 0.0751. The number of carboxylic acids is 1. The molecule has 154 valence electrons. The smallest absolute Gasteiger partial charge is 0.307 e. The monoisotopic (exact) mass is 397 g/mol. The van der Waals surface area contributed by atoms with E-state index in [2.05, 4.69) is 24.2 Å². The molecule has 0 radical (unpaired) electrons. The Kier molecular flexibility index (Phi) is 4.59. The number of benzene rings is 1. The van der Waals surface area contributed by atoms with Crippen LogP contribution in [0, 0.1) is 24.2 Å². The van der Waals surface area contributed by atoms with Crippen molar-refractivity contribution in [1.82, 2.24) is 19.9 Å². The van der Waals surface area contributed by atoms with Crippen molar-refractivity contribution in [3.8, 4) is 5.69 Å². The van der Waals surface area contributed by atoms with E-state index in [9.17, 15) is 14.7 Å². The highest BCUT2D eigenvalue weighted by Gasteiger charge is 2.53. The molecule has 1 aromatic heterocycles. The van der Waals surface area contributed by atoms with E-state index < -0.39 is 17.8 Å². The van der Waals surface area contributed by atoms with Crippen molar-refractivity contribution in [1.29, 1.82) is 0 Å². The van der Waals surface area contributed by atoms with Crippen LogP contribution in [-0.4, -0.2) is 43.4 Å². The van der Waals surface area contributed by atoms with Crippen LogP contribution >= 0.6 is 0 Å². The van der Waals surface area contributed by atoms with Crippen LogP contribution in [-0.2, 0) is 9.59 Å². The highest BCUT2D eigenvalue weighted by molar-refractivity contribution is 5.86. The van der Waals surface area contributed by atoms with Crippen molar-refractivity contribution in [3.05, 3.63) is 35.7 Å². The number of carbonyl (C=O) groups is 2. The number of carboxylic acid groups (broad SMARTS) is 1. The number of hydrogen-bond donors (Lipinski definition) is 2. The lowest BCUT2D eigenvalue weighted by atomic mass is 9.72. The molecule has 0 bridgehead atoms. The first-order valence-electron chi connectivity index (χ1n) is 10.0. The number of hydrogen-bond acceptors (Lipinski definition) is 5. The van der Waals surface area contributed by atoms with Crippen LogP contribution in [0.15, 0.2) is 24.4 Å². The number of nitrogens with zero attached hydrogens (tertiary/aromatic N) is 4. The van der Waals surface area contributed by atoms with Crippen LogP contribution in [0.3, 0.4) is 0 Å². The minimum Gasteiger partial charge on any atom is -0.481 e. The highest BCUT2D eigenvalue weighted by Crippen LogP contribution is 2.49.